The molecule has 0 aliphatic heterocycles. The van der Waals surface area contributed by atoms with Crippen LogP contribution < -0.4 is 5.32 Å². The maximum absolute atomic E-state index is 11.2. The van der Waals surface area contributed by atoms with Crippen LogP contribution in [0.3, 0.4) is 0 Å². The van der Waals surface area contributed by atoms with E-state index in [0.29, 0.717) is 5.56 Å². The molecule has 0 saturated heterocycles. The van der Waals surface area contributed by atoms with Crippen molar-refractivity contribution in [3.63, 3.8) is 0 Å². The Balaban J connectivity index is 3.05. The van der Waals surface area contributed by atoms with Gasteiger partial charge in [-0.3, -0.25) is 4.79 Å². The Labute approximate surface area is 92.3 Å². The van der Waals surface area contributed by atoms with Crippen molar-refractivity contribution in [3.8, 4) is 6.07 Å². The van der Waals surface area contributed by atoms with Crippen LogP contribution in [0.25, 0.3) is 0 Å². The van der Waals surface area contributed by atoms with Gasteiger partial charge < -0.3 is 10.4 Å². The fourth-order valence-electron chi connectivity index (χ4n) is 1.32. The first kappa shape index (κ1) is 11.7. The van der Waals surface area contributed by atoms with Crippen LogP contribution in [0.15, 0.2) is 18.2 Å². The summed E-state index contributed by atoms with van der Waals surface area (Å²) in [5.74, 6) is -1.62. The van der Waals surface area contributed by atoms with Crippen LogP contribution in [-0.2, 0) is 4.79 Å². The summed E-state index contributed by atoms with van der Waals surface area (Å²) in [4.78, 5) is 22.1. The highest BCUT2D eigenvalue weighted by Gasteiger charge is 2.14. The van der Waals surface area contributed by atoms with Crippen molar-refractivity contribution in [2.75, 3.05) is 5.32 Å². The molecule has 0 saturated carbocycles. The van der Waals surface area contributed by atoms with E-state index in [1.165, 1.54) is 6.07 Å². The highest BCUT2D eigenvalue weighted by molar-refractivity contribution is 6.01. The van der Waals surface area contributed by atoms with Crippen LogP contribution in [0.2, 0.25) is 0 Å². The molecule has 2 N–H and O–H groups in total. The molecule has 1 aromatic carbocycles. The highest BCUT2D eigenvalue weighted by atomic mass is 16.4. The molecule has 1 amide bonds. The molecule has 0 spiro atoms. The number of hydrogen-bond acceptors (Lipinski definition) is 3. The summed E-state index contributed by atoms with van der Waals surface area (Å²) in [6.45, 7) is 1.64. The fraction of sp³-hybridized carbons (Fsp3) is 0.182. The number of carbonyl (C=O) groups is 2. The van der Waals surface area contributed by atoms with Crippen molar-refractivity contribution in [2.24, 2.45) is 0 Å². The summed E-state index contributed by atoms with van der Waals surface area (Å²) in [5, 5.41) is 19.7. The summed E-state index contributed by atoms with van der Waals surface area (Å²) in [6, 6.07) is 6.47. The first-order valence-corrected chi connectivity index (χ1v) is 4.56. The molecule has 1 aromatic rings. The molecule has 82 valence electrons. The van der Waals surface area contributed by atoms with Crippen molar-refractivity contribution < 1.29 is 14.7 Å². The summed E-state index contributed by atoms with van der Waals surface area (Å²) in [6.07, 6.45) is -0.299. The summed E-state index contributed by atoms with van der Waals surface area (Å²) in [7, 11) is 0. The van der Waals surface area contributed by atoms with E-state index in [4.69, 9.17) is 10.4 Å². The zero-order valence-electron chi connectivity index (χ0n) is 8.65. The first-order chi connectivity index (χ1) is 7.56. The third-order valence-corrected chi connectivity index (χ3v) is 2.00. The van der Waals surface area contributed by atoms with Crippen molar-refractivity contribution in [2.45, 2.75) is 13.3 Å². The van der Waals surface area contributed by atoms with Crippen LogP contribution >= 0.6 is 0 Å². The van der Waals surface area contributed by atoms with E-state index in [1.807, 2.05) is 0 Å². The molecule has 0 heterocycles. The maximum atomic E-state index is 11.2. The summed E-state index contributed by atoms with van der Waals surface area (Å²) >= 11 is 0. The lowest BCUT2D eigenvalue weighted by Gasteiger charge is -2.09. The number of carboxylic acid groups (broad SMARTS) is 1. The Kier molecular flexibility index (Phi) is 3.62. The maximum Gasteiger partial charge on any atom is 0.338 e. The number of benzene rings is 1. The zero-order valence-corrected chi connectivity index (χ0v) is 8.65. The molecule has 0 aliphatic rings. The first-order valence-electron chi connectivity index (χ1n) is 4.56. The Morgan fingerprint density at radius 1 is 1.50 bits per heavy atom. The monoisotopic (exact) mass is 218 g/mol. The smallest absolute Gasteiger partial charge is 0.338 e. The van der Waals surface area contributed by atoms with Crippen LogP contribution in [0.4, 0.5) is 5.69 Å². The second-order valence-corrected chi connectivity index (χ2v) is 3.19. The van der Waals surface area contributed by atoms with Crippen molar-refractivity contribution in [1.29, 1.82) is 5.26 Å². The molecule has 5 heteroatoms. The van der Waals surface area contributed by atoms with E-state index in [-0.39, 0.29) is 17.7 Å². The average molecular weight is 218 g/mol. The van der Waals surface area contributed by atoms with Crippen LogP contribution in [-0.4, -0.2) is 17.0 Å². The van der Waals surface area contributed by atoms with Gasteiger partial charge in [0.2, 0.25) is 5.91 Å². The number of hydrogen-bond donors (Lipinski definition) is 2. The summed E-state index contributed by atoms with van der Waals surface area (Å²) < 4.78 is 0. The Bertz CT molecular complexity index is 475. The van der Waals surface area contributed by atoms with Crippen LogP contribution in [0.5, 0.6) is 0 Å². The van der Waals surface area contributed by atoms with Crippen molar-refractivity contribution in [1.82, 2.24) is 0 Å². The molecule has 0 radical (unpaired) electrons. The topological polar surface area (TPSA) is 90.2 Å². The highest BCUT2D eigenvalue weighted by Crippen LogP contribution is 2.19. The lowest BCUT2D eigenvalue weighted by atomic mass is 10.1. The van der Waals surface area contributed by atoms with E-state index >= 15 is 0 Å². The molecule has 1 rings (SSSR count). The number of aromatic carboxylic acids is 1. The number of rotatable bonds is 3. The van der Waals surface area contributed by atoms with Gasteiger partial charge in [0.1, 0.15) is 6.42 Å². The van der Waals surface area contributed by atoms with E-state index < -0.39 is 11.9 Å². The second-order valence-electron chi connectivity index (χ2n) is 3.19. The van der Waals surface area contributed by atoms with Gasteiger partial charge >= 0.3 is 5.97 Å². The minimum atomic E-state index is -1.11. The largest absolute Gasteiger partial charge is 0.478 e. The molecule has 0 bridgehead atoms. The predicted octanol–water partition coefficient (Wildman–Crippen LogP) is 1.55. The van der Waals surface area contributed by atoms with E-state index in [0.717, 1.165) is 0 Å². The number of amides is 1. The van der Waals surface area contributed by atoms with Gasteiger partial charge in [0, 0.05) is 0 Å². The van der Waals surface area contributed by atoms with E-state index in [1.54, 1.807) is 25.1 Å². The quantitative estimate of drug-likeness (QED) is 0.805. The molecular weight excluding hydrogens is 208 g/mol. The SMILES string of the molecule is Cc1cccc(NC(=O)CC#N)c1C(=O)O. The number of aryl methyl sites for hydroxylation is 1. The molecular formula is C11H10N2O3. The number of nitrogens with zero attached hydrogens (tertiary/aromatic N) is 1. The number of nitriles is 1. The zero-order chi connectivity index (χ0) is 12.1. The predicted molar refractivity (Wildman–Crippen MR) is 57.0 cm³/mol. The second kappa shape index (κ2) is 4.94. The van der Waals surface area contributed by atoms with Gasteiger partial charge in [0.15, 0.2) is 0 Å². The van der Waals surface area contributed by atoms with Gasteiger partial charge in [-0.05, 0) is 18.6 Å². The number of nitrogens with one attached hydrogen (secondary N) is 1. The molecule has 0 aliphatic carbocycles. The molecule has 0 fully saturated rings. The van der Waals surface area contributed by atoms with E-state index in [9.17, 15) is 9.59 Å². The minimum Gasteiger partial charge on any atom is -0.478 e. The molecule has 5 nitrogen and oxygen atoms in total. The Hall–Kier alpha value is -2.35. The molecule has 0 atom stereocenters. The molecule has 16 heavy (non-hydrogen) atoms. The van der Waals surface area contributed by atoms with E-state index in [2.05, 4.69) is 5.32 Å². The fourth-order valence-corrected chi connectivity index (χ4v) is 1.32. The lowest BCUT2D eigenvalue weighted by molar-refractivity contribution is -0.115. The summed E-state index contributed by atoms with van der Waals surface area (Å²) in [5.41, 5.74) is 0.823. The Morgan fingerprint density at radius 3 is 2.75 bits per heavy atom. The van der Waals surface area contributed by atoms with Crippen LogP contribution in [0, 0.1) is 18.3 Å². The molecule has 0 unspecified atom stereocenters. The number of carbonyl (C=O) groups excluding carboxylic acids is 1. The molecule has 0 aromatic heterocycles. The van der Waals surface area contributed by atoms with Gasteiger partial charge in [-0.15, -0.1) is 0 Å². The van der Waals surface area contributed by atoms with Crippen LogP contribution in [0.1, 0.15) is 22.3 Å². The normalized spacial score (nSPS) is 9.25. The average Bonchev–Trinajstić information content (AvgIpc) is 2.17. The van der Waals surface area contributed by atoms with Gasteiger partial charge in [-0.1, -0.05) is 12.1 Å². The Morgan fingerprint density at radius 2 is 2.19 bits per heavy atom. The van der Waals surface area contributed by atoms with Gasteiger partial charge in [-0.25, -0.2) is 4.79 Å². The van der Waals surface area contributed by atoms with Gasteiger partial charge in [0.05, 0.1) is 17.3 Å². The number of carboxylic acids is 1. The standard InChI is InChI=1S/C11H10N2O3/c1-7-3-2-4-8(10(7)11(15)16)13-9(14)5-6-12/h2-4H,5H2,1H3,(H,13,14)(H,15,16). The number of anilines is 1. The lowest BCUT2D eigenvalue weighted by Crippen LogP contribution is -2.14. The van der Waals surface area contributed by atoms with Crippen molar-refractivity contribution >= 4 is 17.6 Å². The van der Waals surface area contributed by atoms with Crippen molar-refractivity contribution in [3.05, 3.63) is 29.3 Å². The van der Waals surface area contributed by atoms with Gasteiger partial charge in [-0.2, -0.15) is 5.26 Å². The third-order valence-electron chi connectivity index (χ3n) is 2.00. The third kappa shape index (κ3) is 2.58. The van der Waals surface area contributed by atoms with Gasteiger partial charge in [0.25, 0.3) is 0 Å². The minimum absolute atomic E-state index is 0.0498.